The lowest BCUT2D eigenvalue weighted by Crippen LogP contribution is -2.43. The molecule has 0 amide bonds. The lowest BCUT2D eigenvalue weighted by Gasteiger charge is -2.38. The van der Waals surface area contributed by atoms with Crippen LogP contribution >= 0.6 is 0 Å². The molecular weight excluding hydrogens is 270 g/mol. The smallest absolute Gasteiger partial charge is 0.333 e. The molecule has 1 aromatic rings. The van der Waals surface area contributed by atoms with Gasteiger partial charge < -0.3 is 15.4 Å². The van der Waals surface area contributed by atoms with Gasteiger partial charge in [0, 0.05) is 13.1 Å². The van der Waals surface area contributed by atoms with Gasteiger partial charge in [-0.2, -0.15) is 0 Å². The van der Waals surface area contributed by atoms with Gasteiger partial charge in [-0.15, -0.1) is 0 Å². The number of ether oxygens (including phenoxy) is 1. The van der Waals surface area contributed by atoms with E-state index in [0.717, 1.165) is 19.3 Å². The van der Waals surface area contributed by atoms with E-state index in [-0.39, 0.29) is 16.7 Å². The molecule has 1 fully saturated rings. The summed E-state index contributed by atoms with van der Waals surface area (Å²) in [6, 6.07) is 5.44. The van der Waals surface area contributed by atoms with Crippen molar-refractivity contribution in [2.45, 2.75) is 31.7 Å². The number of hydrogen-bond donors (Lipinski definition) is 1. The third kappa shape index (κ3) is 3.10. The van der Waals surface area contributed by atoms with Crippen LogP contribution in [0.3, 0.4) is 0 Å². The molecule has 0 aliphatic heterocycles. The molecular formula is C15H23N3O3. The summed E-state index contributed by atoms with van der Waals surface area (Å²) >= 11 is 0. The van der Waals surface area contributed by atoms with Crippen LogP contribution in [0.4, 0.5) is 11.4 Å². The molecule has 1 saturated carbocycles. The molecule has 0 bridgehead atoms. The molecule has 0 radical (unpaired) electrons. The van der Waals surface area contributed by atoms with Crippen molar-refractivity contribution in [3.05, 3.63) is 28.3 Å². The minimum atomic E-state index is -0.370. The maximum atomic E-state index is 11.4. The van der Waals surface area contributed by atoms with E-state index in [2.05, 4.69) is 0 Å². The molecule has 0 aromatic heterocycles. The quantitative estimate of drug-likeness (QED) is 0.666. The highest BCUT2D eigenvalue weighted by molar-refractivity contribution is 5.70. The van der Waals surface area contributed by atoms with Crippen molar-refractivity contribution in [2.24, 2.45) is 11.7 Å². The largest absolute Gasteiger partial charge is 0.490 e. The summed E-state index contributed by atoms with van der Waals surface area (Å²) in [7, 11) is 3.37. The Hall–Kier alpha value is -1.82. The summed E-state index contributed by atoms with van der Waals surface area (Å²) in [6.07, 6.45) is 4.44. The van der Waals surface area contributed by atoms with Crippen LogP contribution in [0.15, 0.2) is 18.2 Å². The van der Waals surface area contributed by atoms with Crippen LogP contribution in [-0.2, 0) is 0 Å². The normalized spacial score (nSPS) is 21.9. The van der Waals surface area contributed by atoms with Crippen LogP contribution in [-0.4, -0.2) is 31.7 Å². The molecule has 6 heteroatoms. The molecule has 0 saturated heterocycles. The molecule has 6 nitrogen and oxygen atoms in total. The predicted molar refractivity (Wildman–Crippen MR) is 82.9 cm³/mol. The van der Waals surface area contributed by atoms with Gasteiger partial charge in [0.1, 0.15) is 5.69 Å². The molecule has 0 heterocycles. The lowest BCUT2D eigenvalue weighted by molar-refractivity contribution is -0.385. The van der Waals surface area contributed by atoms with Crippen molar-refractivity contribution in [3.63, 3.8) is 0 Å². The second-order valence-electron chi connectivity index (χ2n) is 5.54. The van der Waals surface area contributed by atoms with Crippen LogP contribution in [0.1, 0.15) is 25.7 Å². The van der Waals surface area contributed by atoms with Crippen molar-refractivity contribution in [3.8, 4) is 5.75 Å². The van der Waals surface area contributed by atoms with E-state index in [1.54, 1.807) is 18.2 Å². The SMILES string of the molecule is COc1cccc(N(C)C2CCCCC2CN)c1[N+](=O)[O-]. The van der Waals surface area contributed by atoms with E-state index in [0.29, 0.717) is 23.9 Å². The Morgan fingerprint density at radius 3 is 2.76 bits per heavy atom. The first-order valence-electron chi connectivity index (χ1n) is 7.34. The van der Waals surface area contributed by atoms with Gasteiger partial charge in [-0.3, -0.25) is 10.1 Å². The zero-order valence-electron chi connectivity index (χ0n) is 12.6. The van der Waals surface area contributed by atoms with Crippen LogP contribution < -0.4 is 15.4 Å². The van der Waals surface area contributed by atoms with Gasteiger partial charge in [0.05, 0.1) is 12.0 Å². The van der Waals surface area contributed by atoms with E-state index >= 15 is 0 Å². The average Bonchev–Trinajstić information content (AvgIpc) is 2.53. The first kappa shape index (κ1) is 15.6. The second-order valence-corrected chi connectivity index (χ2v) is 5.54. The minimum absolute atomic E-state index is 0.0313. The summed E-state index contributed by atoms with van der Waals surface area (Å²) in [5.41, 5.74) is 6.51. The van der Waals surface area contributed by atoms with Gasteiger partial charge in [-0.25, -0.2) is 0 Å². The molecule has 2 atom stereocenters. The zero-order valence-corrected chi connectivity index (χ0v) is 12.6. The van der Waals surface area contributed by atoms with Crippen molar-refractivity contribution < 1.29 is 9.66 Å². The van der Waals surface area contributed by atoms with Gasteiger partial charge in [0.15, 0.2) is 5.75 Å². The number of nitrogens with two attached hydrogens (primary N) is 1. The van der Waals surface area contributed by atoms with E-state index < -0.39 is 0 Å². The average molecular weight is 293 g/mol. The number of nitrogens with zero attached hydrogens (tertiary/aromatic N) is 2. The summed E-state index contributed by atoms with van der Waals surface area (Å²) in [4.78, 5) is 13.1. The Bertz CT molecular complexity index is 507. The second kappa shape index (κ2) is 6.76. The molecule has 1 aliphatic carbocycles. The Morgan fingerprint density at radius 2 is 2.14 bits per heavy atom. The van der Waals surface area contributed by atoms with Crippen molar-refractivity contribution in [2.75, 3.05) is 25.6 Å². The highest BCUT2D eigenvalue weighted by Gasteiger charge is 2.32. The Morgan fingerprint density at radius 1 is 1.43 bits per heavy atom. The summed E-state index contributed by atoms with van der Waals surface area (Å²) in [6.45, 7) is 0.618. The van der Waals surface area contributed by atoms with Crippen molar-refractivity contribution in [1.82, 2.24) is 0 Å². The number of rotatable bonds is 5. The van der Waals surface area contributed by atoms with E-state index in [1.807, 2.05) is 11.9 Å². The third-order valence-corrected chi connectivity index (χ3v) is 4.43. The van der Waals surface area contributed by atoms with Crippen molar-refractivity contribution in [1.29, 1.82) is 0 Å². The van der Waals surface area contributed by atoms with Gasteiger partial charge in [-0.1, -0.05) is 18.9 Å². The van der Waals surface area contributed by atoms with Gasteiger partial charge >= 0.3 is 5.69 Å². The number of benzene rings is 1. The molecule has 2 N–H and O–H groups in total. The number of nitro benzene ring substituents is 1. The number of hydrogen-bond acceptors (Lipinski definition) is 5. The van der Waals surface area contributed by atoms with E-state index in [4.69, 9.17) is 10.5 Å². The first-order valence-corrected chi connectivity index (χ1v) is 7.34. The molecule has 2 unspecified atom stereocenters. The topological polar surface area (TPSA) is 81.6 Å². The Kier molecular flexibility index (Phi) is 5.01. The first-order chi connectivity index (χ1) is 10.1. The van der Waals surface area contributed by atoms with Crippen molar-refractivity contribution >= 4 is 11.4 Å². The van der Waals surface area contributed by atoms with Gasteiger partial charge in [0.2, 0.25) is 0 Å². The number of methoxy groups -OCH3 is 1. The van der Waals surface area contributed by atoms with Crippen LogP contribution in [0.2, 0.25) is 0 Å². The van der Waals surface area contributed by atoms with E-state index in [9.17, 15) is 10.1 Å². The summed E-state index contributed by atoms with van der Waals surface area (Å²) in [5, 5.41) is 11.4. The summed E-state index contributed by atoms with van der Waals surface area (Å²) < 4.78 is 5.14. The number of anilines is 1. The molecule has 2 rings (SSSR count). The maximum absolute atomic E-state index is 11.4. The maximum Gasteiger partial charge on any atom is 0.333 e. The van der Waals surface area contributed by atoms with Crippen LogP contribution in [0.25, 0.3) is 0 Å². The molecule has 0 spiro atoms. The highest BCUT2D eigenvalue weighted by Crippen LogP contribution is 2.39. The Balaban J connectivity index is 2.38. The Labute approximate surface area is 125 Å². The number of nitro groups is 1. The fraction of sp³-hybridized carbons (Fsp3) is 0.600. The van der Waals surface area contributed by atoms with Gasteiger partial charge in [0.25, 0.3) is 0 Å². The predicted octanol–water partition coefficient (Wildman–Crippen LogP) is 2.56. The van der Waals surface area contributed by atoms with E-state index in [1.165, 1.54) is 13.5 Å². The summed E-state index contributed by atoms with van der Waals surface area (Å²) in [5.74, 6) is 0.680. The minimum Gasteiger partial charge on any atom is -0.490 e. The standard InChI is InChI=1S/C15H23N3O3/c1-17(12-7-4-3-6-11(12)10-16)13-8-5-9-14(21-2)15(13)18(19)20/h5,8-9,11-12H,3-4,6-7,10,16H2,1-2H3. The fourth-order valence-electron chi connectivity index (χ4n) is 3.30. The zero-order chi connectivity index (χ0) is 15.4. The van der Waals surface area contributed by atoms with Crippen LogP contribution in [0.5, 0.6) is 5.75 Å². The molecule has 21 heavy (non-hydrogen) atoms. The third-order valence-electron chi connectivity index (χ3n) is 4.43. The highest BCUT2D eigenvalue weighted by atomic mass is 16.6. The fourth-order valence-corrected chi connectivity index (χ4v) is 3.30. The van der Waals surface area contributed by atoms with Crippen LogP contribution in [0, 0.1) is 16.0 Å². The molecule has 116 valence electrons. The lowest BCUT2D eigenvalue weighted by atomic mass is 9.83. The van der Waals surface area contributed by atoms with Gasteiger partial charge in [-0.05, 0) is 37.4 Å². The molecule has 1 aliphatic rings. The molecule has 1 aromatic carbocycles. The monoisotopic (exact) mass is 293 g/mol. The number of para-hydroxylation sites is 1.